The molecule has 1 unspecified atom stereocenters. The van der Waals surface area contributed by atoms with Gasteiger partial charge in [0.05, 0.1) is 24.5 Å². The number of rotatable bonds is 5. The molecule has 0 saturated carbocycles. The van der Waals surface area contributed by atoms with Crippen molar-refractivity contribution in [3.8, 4) is 5.75 Å². The van der Waals surface area contributed by atoms with Gasteiger partial charge in [-0.05, 0) is 56.1 Å². The minimum Gasteiger partial charge on any atom is -0.494 e. The van der Waals surface area contributed by atoms with Crippen LogP contribution in [0.5, 0.6) is 5.75 Å². The maximum Gasteiger partial charge on any atom is 0.244 e. The Kier molecular flexibility index (Phi) is 5.30. The number of likely N-dealkylation sites (tertiary alicyclic amines) is 1. The third kappa shape index (κ3) is 3.73. The van der Waals surface area contributed by atoms with Gasteiger partial charge in [-0.25, -0.2) is 0 Å². The van der Waals surface area contributed by atoms with Gasteiger partial charge in [-0.1, -0.05) is 24.3 Å². The van der Waals surface area contributed by atoms with Gasteiger partial charge in [-0.2, -0.15) is 0 Å². The molecule has 0 aliphatic carbocycles. The van der Waals surface area contributed by atoms with Gasteiger partial charge in [-0.3, -0.25) is 19.4 Å². The maximum atomic E-state index is 13.1. The first kappa shape index (κ1) is 18.5. The summed E-state index contributed by atoms with van der Waals surface area (Å²) in [5.41, 5.74) is 2.66. The summed E-state index contributed by atoms with van der Waals surface area (Å²) in [5.74, 6) is 0.666. The van der Waals surface area contributed by atoms with Crippen molar-refractivity contribution in [2.45, 2.75) is 25.8 Å². The number of carbonyl (C=O) groups is 2. The van der Waals surface area contributed by atoms with Crippen LogP contribution in [0.2, 0.25) is 0 Å². The van der Waals surface area contributed by atoms with Gasteiger partial charge in [0, 0.05) is 6.04 Å². The van der Waals surface area contributed by atoms with Crippen molar-refractivity contribution in [2.75, 3.05) is 36.5 Å². The first-order chi connectivity index (χ1) is 13.7. The fourth-order valence-corrected chi connectivity index (χ4v) is 4.06. The molecule has 0 aromatic heterocycles. The molecule has 2 aliphatic heterocycles. The predicted molar refractivity (Wildman–Crippen MR) is 109 cm³/mol. The standard InChI is InChI=1S/C22H25N3O3/c1-2-28-17-11-9-16(10-12-17)19-8-5-13-24(19)15-22(27)25-14-21(26)23-18-6-3-4-7-20(18)25/h3-4,6-7,9-12,19H,2,5,8,13-15H2,1H3,(H,23,26). The normalized spacial score (nSPS) is 19.2. The number of carbonyl (C=O) groups excluding carboxylic acids is 2. The van der Waals surface area contributed by atoms with Crippen molar-refractivity contribution in [3.05, 3.63) is 54.1 Å². The average Bonchev–Trinajstić information content (AvgIpc) is 3.16. The zero-order chi connectivity index (χ0) is 19.5. The molecule has 28 heavy (non-hydrogen) atoms. The summed E-state index contributed by atoms with van der Waals surface area (Å²) in [7, 11) is 0. The van der Waals surface area contributed by atoms with E-state index in [4.69, 9.17) is 4.74 Å². The van der Waals surface area contributed by atoms with Crippen molar-refractivity contribution >= 4 is 23.2 Å². The fourth-order valence-electron chi connectivity index (χ4n) is 4.06. The zero-order valence-electron chi connectivity index (χ0n) is 16.1. The van der Waals surface area contributed by atoms with Crippen LogP contribution >= 0.6 is 0 Å². The molecule has 1 saturated heterocycles. The van der Waals surface area contributed by atoms with Crippen LogP contribution in [-0.2, 0) is 9.59 Å². The van der Waals surface area contributed by atoms with Crippen LogP contribution in [0, 0.1) is 0 Å². The zero-order valence-corrected chi connectivity index (χ0v) is 16.1. The molecule has 1 fully saturated rings. The molecule has 4 rings (SSSR count). The summed E-state index contributed by atoms with van der Waals surface area (Å²) in [6, 6.07) is 15.8. The lowest BCUT2D eigenvalue weighted by Gasteiger charge is -2.32. The van der Waals surface area contributed by atoms with Crippen LogP contribution in [0.25, 0.3) is 0 Å². The molecule has 2 aromatic carbocycles. The number of anilines is 2. The highest BCUT2D eigenvalue weighted by molar-refractivity contribution is 6.10. The summed E-state index contributed by atoms with van der Waals surface area (Å²) in [5, 5.41) is 2.83. The Morgan fingerprint density at radius 3 is 2.75 bits per heavy atom. The minimum atomic E-state index is -0.156. The van der Waals surface area contributed by atoms with Crippen LogP contribution in [-0.4, -0.2) is 43.0 Å². The first-order valence-corrected chi connectivity index (χ1v) is 9.81. The summed E-state index contributed by atoms with van der Waals surface area (Å²) in [6.07, 6.45) is 2.08. The van der Waals surface area contributed by atoms with E-state index in [0.717, 1.165) is 30.8 Å². The molecule has 0 spiro atoms. The Balaban J connectivity index is 1.49. The number of nitrogens with one attached hydrogen (secondary N) is 1. The highest BCUT2D eigenvalue weighted by atomic mass is 16.5. The van der Waals surface area contributed by atoms with Crippen molar-refractivity contribution in [1.82, 2.24) is 4.90 Å². The summed E-state index contributed by atoms with van der Waals surface area (Å²) >= 11 is 0. The number of ether oxygens (including phenoxy) is 1. The van der Waals surface area contributed by atoms with Gasteiger partial charge in [0.2, 0.25) is 11.8 Å². The number of amides is 2. The SMILES string of the molecule is CCOc1ccc(C2CCCN2CC(=O)N2CC(=O)Nc3ccccc32)cc1. The second-order valence-corrected chi connectivity index (χ2v) is 7.18. The number of hydrogen-bond donors (Lipinski definition) is 1. The van der Waals surface area contributed by atoms with Crippen LogP contribution in [0.15, 0.2) is 48.5 Å². The third-order valence-electron chi connectivity index (χ3n) is 5.35. The lowest BCUT2D eigenvalue weighted by atomic mass is 10.0. The Bertz CT molecular complexity index is 866. The maximum absolute atomic E-state index is 13.1. The van der Waals surface area contributed by atoms with E-state index in [9.17, 15) is 9.59 Å². The second kappa shape index (κ2) is 8.02. The molecule has 0 radical (unpaired) electrons. The monoisotopic (exact) mass is 379 g/mol. The van der Waals surface area contributed by atoms with Gasteiger partial charge in [-0.15, -0.1) is 0 Å². The smallest absolute Gasteiger partial charge is 0.244 e. The van der Waals surface area contributed by atoms with Crippen LogP contribution in [0.4, 0.5) is 11.4 Å². The number of hydrogen-bond acceptors (Lipinski definition) is 4. The van der Waals surface area contributed by atoms with Crippen molar-refractivity contribution in [1.29, 1.82) is 0 Å². The van der Waals surface area contributed by atoms with E-state index in [1.165, 1.54) is 5.56 Å². The van der Waals surface area contributed by atoms with Crippen LogP contribution in [0.3, 0.4) is 0 Å². The Morgan fingerprint density at radius 2 is 1.96 bits per heavy atom. The molecular formula is C22H25N3O3. The average molecular weight is 379 g/mol. The highest BCUT2D eigenvalue weighted by Crippen LogP contribution is 2.34. The molecule has 2 heterocycles. The van der Waals surface area contributed by atoms with Gasteiger partial charge < -0.3 is 10.1 Å². The lowest BCUT2D eigenvalue weighted by Crippen LogP contribution is -2.46. The summed E-state index contributed by atoms with van der Waals surface area (Å²) in [6.45, 7) is 3.87. The second-order valence-electron chi connectivity index (χ2n) is 7.18. The quantitative estimate of drug-likeness (QED) is 0.867. The van der Waals surface area contributed by atoms with E-state index in [2.05, 4.69) is 22.3 Å². The molecule has 2 aliphatic rings. The lowest BCUT2D eigenvalue weighted by molar-refractivity contribution is -0.122. The van der Waals surface area contributed by atoms with Crippen molar-refractivity contribution in [2.24, 2.45) is 0 Å². The predicted octanol–water partition coefficient (Wildman–Crippen LogP) is 3.21. The van der Waals surface area contributed by atoms with E-state index >= 15 is 0 Å². The number of nitrogens with zero attached hydrogens (tertiary/aromatic N) is 2. The van der Waals surface area contributed by atoms with Gasteiger partial charge in [0.25, 0.3) is 0 Å². The minimum absolute atomic E-state index is 0.0415. The summed E-state index contributed by atoms with van der Waals surface area (Å²) in [4.78, 5) is 28.9. The topological polar surface area (TPSA) is 61.9 Å². The van der Waals surface area contributed by atoms with Crippen LogP contribution in [0.1, 0.15) is 31.4 Å². The van der Waals surface area contributed by atoms with Gasteiger partial charge in [0.1, 0.15) is 12.3 Å². The Hall–Kier alpha value is -2.86. The molecule has 6 heteroatoms. The Morgan fingerprint density at radius 1 is 1.18 bits per heavy atom. The van der Waals surface area contributed by atoms with Crippen molar-refractivity contribution < 1.29 is 14.3 Å². The molecule has 0 bridgehead atoms. The number of benzene rings is 2. The summed E-state index contributed by atoms with van der Waals surface area (Å²) < 4.78 is 5.53. The molecule has 1 N–H and O–H groups in total. The molecular weight excluding hydrogens is 354 g/mol. The molecule has 1 atom stereocenters. The largest absolute Gasteiger partial charge is 0.494 e. The number of para-hydroxylation sites is 2. The highest BCUT2D eigenvalue weighted by Gasteiger charge is 2.32. The number of fused-ring (bicyclic) bond motifs is 1. The first-order valence-electron chi connectivity index (χ1n) is 9.81. The molecule has 2 aromatic rings. The van der Waals surface area contributed by atoms with Crippen molar-refractivity contribution in [3.63, 3.8) is 0 Å². The van der Waals surface area contributed by atoms with E-state index in [0.29, 0.717) is 18.8 Å². The van der Waals surface area contributed by atoms with Gasteiger partial charge in [0.15, 0.2) is 0 Å². The molecule has 6 nitrogen and oxygen atoms in total. The van der Waals surface area contributed by atoms with E-state index < -0.39 is 0 Å². The van der Waals surface area contributed by atoms with E-state index in [1.807, 2.05) is 43.3 Å². The van der Waals surface area contributed by atoms with E-state index in [1.54, 1.807) is 4.90 Å². The fraction of sp³-hybridized carbons (Fsp3) is 0.364. The van der Waals surface area contributed by atoms with Crippen LogP contribution < -0.4 is 15.0 Å². The third-order valence-corrected chi connectivity index (χ3v) is 5.35. The Labute approximate surface area is 165 Å². The molecule has 146 valence electrons. The van der Waals surface area contributed by atoms with Gasteiger partial charge >= 0.3 is 0 Å². The van der Waals surface area contributed by atoms with E-state index in [-0.39, 0.29) is 24.4 Å². The molecule has 2 amide bonds.